The molecule has 2 aromatic rings. The molecule has 2 rings (SSSR count). The van der Waals surface area contributed by atoms with Crippen LogP contribution in [0, 0.1) is 0 Å². The van der Waals surface area contributed by atoms with Crippen molar-refractivity contribution in [3.63, 3.8) is 0 Å². The minimum absolute atomic E-state index is 0.0565. The zero-order valence-electron chi connectivity index (χ0n) is 10.6. The van der Waals surface area contributed by atoms with Crippen LogP contribution in [0.15, 0.2) is 35.6 Å². The number of H-pyrrole nitrogens is 1. The zero-order chi connectivity index (χ0) is 14.6. The van der Waals surface area contributed by atoms with Gasteiger partial charge in [0.15, 0.2) is 0 Å². The Labute approximate surface area is 122 Å². The van der Waals surface area contributed by atoms with Crippen LogP contribution in [0.25, 0.3) is 0 Å². The summed E-state index contributed by atoms with van der Waals surface area (Å²) in [4.78, 5) is 6.82. The number of sulfonamides is 1. The summed E-state index contributed by atoms with van der Waals surface area (Å²) in [6.45, 7) is 0.576. The number of rotatable bonds is 6. The quantitative estimate of drug-likeness (QED) is 0.741. The van der Waals surface area contributed by atoms with Crippen molar-refractivity contribution >= 4 is 21.6 Å². The number of hydrogen-bond acceptors (Lipinski definition) is 4. The minimum atomic E-state index is -3.63. The van der Waals surface area contributed by atoms with Gasteiger partial charge in [0.1, 0.15) is 4.90 Å². The van der Waals surface area contributed by atoms with Crippen LogP contribution in [-0.4, -0.2) is 24.9 Å². The molecule has 0 fully saturated rings. The van der Waals surface area contributed by atoms with Gasteiger partial charge in [-0.15, -0.1) is 0 Å². The van der Waals surface area contributed by atoms with Crippen molar-refractivity contribution in [2.75, 3.05) is 6.54 Å². The molecule has 0 aliphatic rings. The topological polar surface area (TPSA) is 101 Å². The van der Waals surface area contributed by atoms with Crippen molar-refractivity contribution < 1.29 is 8.42 Å². The predicted octanol–water partition coefficient (Wildman–Crippen LogP) is 1.04. The van der Waals surface area contributed by atoms with Gasteiger partial charge < -0.3 is 10.7 Å². The van der Waals surface area contributed by atoms with Gasteiger partial charge in [0.2, 0.25) is 10.0 Å². The van der Waals surface area contributed by atoms with Crippen LogP contribution in [0.1, 0.15) is 11.3 Å². The summed E-state index contributed by atoms with van der Waals surface area (Å²) in [7, 11) is -3.63. The molecule has 8 heteroatoms. The fraction of sp³-hybridized carbons (Fsp3) is 0.250. The number of nitrogens with two attached hydrogens (primary N) is 1. The first kappa shape index (κ1) is 15.0. The summed E-state index contributed by atoms with van der Waals surface area (Å²) in [5, 5.41) is 0.169. The van der Waals surface area contributed by atoms with Gasteiger partial charge in [-0.1, -0.05) is 17.7 Å². The maximum atomic E-state index is 12.1. The molecule has 0 atom stereocenters. The molecule has 0 saturated heterocycles. The third kappa shape index (κ3) is 3.57. The molecule has 0 radical (unpaired) electrons. The van der Waals surface area contributed by atoms with Gasteiger partial charge in [0.05, 0.1) is 11.3 Å². The maximum Gasteiger partial charge on any atom is 0.242 e. The van der Waals surface area contributed by atoms with E-state index >= 15 is 0 Å². The third-order valence-corrected chi connectivity index (χ3v) is 4.71. The Morgan fingerprint density at radius 3 is 2.80 bits per heavy atom. The summed E-state index contributed by atoms with van der Waals surface area (Å²) >= 11 is 5.98. The van der Waals surface area contributed by atoms with Crippen LogP contribution in [0.5, 0.6) is 0 Å². The summed E-state index contributed by atoms with van der Waals surface area (Å²) in [5.41, 5.74) is 7.12. The number of hydrogen-bond donors (Lipinski definition) is 3. The highest BCUT2D eigenvalue weighted by Gasteiger charge is 2.17. The first-order chi connectivity index (χ1) is 9.53. The fourth-order valence-corrected chi connectivity index (χ4v) is 3.31. The number of nitrogens with one attached hydrogen (secondary N) is 2. The van der Waals surface area contributed by atoms with E-state index in [2.05, 4.69) is 14.7 Å². The Balaban J connectivity index is 2.06. The third-order valence-electron chi connectivity index (χ3n) is 2.76. The Morgan fingerprint density at radius 1 is 1.40 bits per heavy atom. The van der Waals surface area contributed by atoms with Gasteiger partial charge in [-0.05, 0) is 17.7 Å². The SMILES string of the molecule is NCc1ccc(S(=O)(=O)NCCc2cnc[nH]2)c(Cl)c1. The van der Waals surface area contributed by atoms with Crippen molar-refractivity contribution in [2.24, 2.45) is 5.73 Å². The van der Waals surface area contributed by atoms with Crippen LogP contribution in [0.2, 0.25) is 5.02 Å². The number of nitrogens with zero attached hydrogens (tertiary/aromatic N) is 1. The Kier molecular flexibility index (Phi) is 4.77. The highest BCUT2D eigenvalue weighted by molar-refractivity contribution is 7.89. The van der Waals surface area contributed by atoms with Gasteiger partial charge in [-0.25, -0.2) is 18.1 Å². The molecule has 0 amide bonds. The van der Waals surface area contributed by atoms with Crippen LogP contribution in [0.4, 0.5) is 0 Å². The average molecular weight is 315 g/mol. The van der Waals surface area contributed by atoms with Crippen molar-refractivity contribution in [2.45, 2.75) is 17.9 Å². The number of benzene rings is 1. The smallest absolute Gasteiger partial charge is 0.242 e. The lowest BCUT2D eigenvalue weighted by molar-refractivity contribution is 0.581. The second kappa shape index (κ2) is 6.36. The molecule has 0 saturated carbocycles. The first-order valence-electron chi connectivity index (χ1n) is 5.98. The monoisotopic (exact) mass is 314 g/mol. The Morgan fingerprint density at radius 2 is 2.20 bits per heavy atom. The molecule has 0 spiro atoms. The molecule has 1 heterocycles. The van der Waals surface area contributed by atoms with E-state index in [0.717, 1.165) is 11.3 Å². The van der Waals surface area contributed by atoms with Gasteiger partial charge in [0, 0.05) is 31.4 Å². The van der Waals surface area contributed by atoms with Crippen molar-refractivity contribution in [1.82, 2.24) is 14.7 Å². The van der Waals surface area contributed by atoms with Crippen molar-refractivity contribution in [1.29, 1.82) is 0 Å². The lowest BCUT2D eigenvalue weighted by Gasteiger charge is -2.09. The Bertz CT molecular complexity index is 671. The van der Waals surface area contributed by atoms with E-state index in [-0.39, 0.29) is 16.5 Å². The number of halogens is 1. The highest BCUT2D eigenvalue weighted by Crippen LogP contribution is 2.22. The van der Waals surface area contributed by atoms with Crippen LogP contribution in [0.3, 0.4) is 0 Å². The number of aromatic nitrogens is 2. The molecule has 20 heavy (non-hydrogen) atoms. The van der Waals surface area contributed by atoms with E-state index in [1.165, 1.54) is 6.07 Å². The van der Waals surface area contributed by atoms with Crippen LogP contribution < -0.4 is 10.5 Å². The van der Waals surface area contributed by atoms with E-state index in [1.54, 1.807) is 24.7 Å². The summed E-state index contributed by atoms with van der Waals surface area (Å²) in [5.74, 6) is 0. The summed E-state index contributed by atoms with van der Waals surface area (Å²) in [6.07, 6.45) is 3.72. The van der Waals surface area contributed by atoms with Gasteiger partial charge in [-0.2, -0.15) is 0 Å². The van der Waals surface area contributed by atoms with E-state index in [1.807, 2.05) is 0 Å². The van der Waals surface area contributed by atoms with Gasteiger partial charge in [0.25, 0.3) is 0 Å². The van der Waals surface area contributed by atoms with E-state index in [0.29, 0.717) is 13.0 Å². The molecule has 0 bridgehead atoms. The van der Waals surface area contributed by atoms with Gasteiger partial charge >= 0.3 is 0 Å². The second-order valence-corrected chi connectivity index (χ2v) is 6.34. The molecule has 108 valence electrons. The van der Waals surface area contributed by atoms with Crippen LogP contribution in [-0.2, 0) is 23.0 Å². The van der Waals surface area contributed by atoms with Crippen molar-refractivity contribution in [3.8, 4) is 0 Å². The lowest BCUT2D eigenvalue weighted by Crippen LogP contribution is -2.26. The zero-order valence-corrected chi connectivity index (χ0v) is 12.2. The molecule has 4 N–H and O–H groups in total. The molecular formula is C12H15ClN4O2S. The molecule has 0 unspecified atom stereocenters. The maximum absolute atomic E-state index is 12.1. The molecule has 1 aromatic carbocycles. The molecule has 0 aliphatic carbocycles. The summed E-state index contributed by atoms with van der Waals surface area (Å²) in [6, 6.07) is 4.67. The Hall–Kier alpha value is -1.41. The fourth-order valence-electron chi connectivity index (χ4n) is 1.71. The van der Waals surface area contributed by atoms with E-state index in [4.69, 9.17) is 17.3 Å². The molecular weight excluding hydrogens is 300 g/mol. The lowest BCUT2D eigenvalue weighted by atomic mass is 10.2. The average Bonchev–Trinajstić information content (AvgIpc) is 2.91. The second-order valence-electron chi connectivity index (χ2n) is 4.19. The number of aromatic amines is 1. The largest absolute Gasteiger partial charge is 0.348 e. The van der Waals surface area contributed by atoms with E-state index < -0.39 is 10.0 Å². The van der Waals surface area contributed by atoms with Crippen LogP contribution >= 0.6 is 11.6 Å². The van der Waals surface area contributed by atoms with Crippen molar-refractivity contribution in [3.05, 3.63) is 47.0 Å². The minimum Gasteiger partial charge on any atom is -0.348 e. The highest BCUT2D eigenvalue weighted by atomic mass is 35.5. The normalized spacial score (nSPS) is 11.7. The van der Waals surface area contributed by atoms with E-state index in [9.17, 15) is 8.42 Å². The molecule has 1 aromatic heterocycles. The molecule has 0 aliphatic heterocycles. The first-order valence-corrected chi connectivity index (χ1v) is 7.84. The number of imidazole rings is 1. The standard InChI is InChI=1S/C12H15ClN4O2S/c13-11-5-9(6-14)1-2-12(11)20(18,19)17-4-3-10-7-15-8-16-10/h1-2,5,7-8,17H,3-4,6,14H2,(H,15,16). The molecule has 6 nitrogen and oxygen atoms in total. The predicted molar refractivity (Wildman–Crippen MR) is 76.8 cm³/mol. The van der Waals surface area contributed by atoms with Gasteiger partial charge in [-0.3, -0.25) is 0 Å². The summed E-state index contributed by atoms with van der Waals surface area (Å²) < 4.78 is 26.8.